The highest BCUT2D eigenvalue weighted by Gasteiger charge is 2.05. The van der Waals surface area contributed by atoms with Crippen molar-refractivity contribution in [2.75, 3.05) is 17.3 Å². The van der Waals surface area contributed by atoms with Crippen LogP contribution in [0.25, 0.3) is 6.08 Å². The summed E-state index contributed by atoms with van der Waals surface area (Å²) >= 11 is 0. The lowest BCUT2D eigenvalue weighted by Gasteiger charge is -2.15. The van der Waals surface area contributed by atoms with Crippen molar-refractivity contribution in [3.63, 3.8) is 0 Å². The maximum absolute atomic E-state index is 11.8. The standard InChI is InChI=1S/C17H18N2O3/c1-12-4-9-16(22-12)10-11-17(21)18-14-5-7-15(8-6-14)19(3)13(2)20/h4-11H,1-3H3,(H,18,21)/b11-10+. The number of benzene rings is 1. The number of carbonyl (C=O) groups excluding carboxylic acids is 2. The van der Waals surface area contributed by atoms with Crippen molar-refractivity contribution in [2.24, 2.45) is 0 Å². The number of furan rings is 1. The molecule has 114 valence electrons. The summed E-state index contributed by atoms with van der Waals surface area (Å²) in [4.78, 5) is 24.6. The van der Waals surface area contributed by atoms with Crippen molar-refractivity contribution in [3.8, 4) is 0 Å². The van der Waals surface area contributed by atoms with Crippen LogP contribution in [0, 0.1) is 6.92 Å². The van der Waals surface area contributed by atoms with Gasteiger partial charge in [0.2, 0.25) is 11.8 Å². The molecule has 0 radical (unpaired) electrons. The molecule has 0 bridgehead atoms. The van der Waals surface area contributed by atoms with Gasteiger partial charge in [-0.1, -0.05) is 0 Å². The summed E-state index contributed by atoms with van der Waals surface area (Å²) in [6.07, 6.45) is 3.02. The maximum Gasteiger partial charge on any atom is 0.248 e. The first-order valence-electron chi connectivity index (χ1n) is 6.85. The Hall–Kier alpha value is -2.82. The summed E-state index contributed by atoms with van der Waals surface area (Å²) in [5, 5.41) is 2.74. The minimum atomic E-state index is -0.248. The topological polar surface area (TPSA) is 62.6 Å². The Kier molecular flexibility index (Phi) is 4.78. The molecule has 0 spiro atoms. The number of amides is 2. The first-order chi connectivity index (χ1) is 10.5. The molecule has 1 N–H and O–H groups in total. The minimum absolute atomic E-state index is 0.0477. The van der Waals surface area contributed by atoms with E-state index in [1.165, 1.54) is 17.9 Å². The van der Waals surface area contributed by atoms with Gasteiger partial charge < -0.3 is 14.6 Å². The lowest BCUT2D eigenvalue weighted by molar-refractivity contribution is -0.116. The predicted molar refractivity (Wildman–Crippen MR) is 86.6 cm³/mol. The third-order valence-corrected chi connectivity index (χ3v) is 3.15. The Morgan fingerprint density at radius 1 is 1.14 bits per heavy atom. The molecule has 0 saturated carbocycles. The van der Waals surface area contributed by atoms with Crippen LogP contribution in [0.4, 0.5) is 11.4 Å². The third-order valence-electron chi connectivity index (χ3n) is 3.15. The second-order valence-electron chi connectivity index (χ2n) is 4.90. The van der Waals surface area contributed by atoms with Gasteiger partial charge in [0, 0.05) is 31.4 Å². The largest absolute Gasteiger partial charge is 0.462 e. The van der Waals surface area contributed by atoms with Crippen LogP contribution in [0.1, 0.15) is 18.4 Å². The van der Waals surface area contributed by atoms with Crippen molar-refractivity contribution < 1.29 is 14.0 Å². The van der Waals surface area contributed by atoms with E-state index in [1.807, 2.05) is 13.0 Å². The molecule has 1 aromatic carbocycles. The molecule has 0 aliphatic carbocycles. The number of rotatable bonds is 4. The molecule has 0 aliphatic rings. The zero-order chi connectivity index (χ0) is 16.1. The first kappa shape index (κ1) is 15.6. The molecule has 0 atom stereocenters. The number of nitrogens with zero attached hydrogens (tertiary/aromatic N) is 1. The molecule has 5 nitrogen and oxygen atoms in total. The van der Waals surface area contributed by atoms with Gasteiger partial charge in [0.15, 0.2) is 0 Å². The van der Waals surface area contributed by atoms with E-state index < -0.39 is 0 Å². The second kappa shape index (κ2) is 6.76. The summed E-state index contributed by atoms with van der Waals surface area (Å²) in [6.45, 7) is 3.34. The fourth-order valence-electron chi connectivity index (χ4n) is 1.83. The number of nitrogens with one attached hydrogen (secondary N) is 1. The van der Waals surface area contributed by atoms with Crippen molar-refractivity contribution in [2.45, 2.75) is 13.8 Å². The van der Waals surface area contributed by atoms with E-state index in [9.17, 15) is 9.59 Å². The highest BCUT2D eigenvalue weighted by Crippen LogP contribution is 2.17. The Morgan fingerprint density at radius 3 is 2.36 bits per heavy atom. The van der Waals surface area contributed by atoms with E-state index in [0.29, 0.717) is 11.4 Å². The van der Waals surface area contributed by atoms with Gasteiger partial charge in [0.1, 0.15) is 11.5 Å². The Morgan fingerprint density at radius 2 is 1.82 bits per heavy atom. The molecule has 5 heteroatoms. The number of anilines is 2. The normalized spacial score (nSPS) is 10.7. The quantitative estimate of drug-likeness (QED) is 0.881. The summed E-state index contributed by atoms with van der Waals surface area (Å²) in [5.41, 5.74) is 1.43. The van der Waals surface area contributed by atoms with Crippen molar-refractivity contribution in [1.82, 2.24) is 0 Å². The molecule has 2 amide bonds. The molecule has 1 heterocycles. The van der Waals surface area contributed by atoms with Crippen LogP contribution in [0.15, 0.2) is 46.9 Å². The van der Waals surface area contributed by atoms with Crippen LogP contribution >= 0.6 is 0 Å². The van der Waals surface area contributed by atoms with Gasteiger partial charge in [-0.2, -0.15) is 0 Å². The molecule has 1 aromatic heterocycles. The molecule has 2 aromatic rings. The van der Waals surface area contributed by atoms with Gasteiger partial charge in [0.25, 0.3) is 0 Å². The molecular weight excluding hydrogens is 280 g/mol. The van der Waals surface area contributed by atoms with Crippen molar-refractivity contribution in [3.05, 3.63) is 54.0 Å². The average molecular weight is 298 g/mol. The average Bonchev–Trinajstić information content (AvgIpc) is 2.91. The molecule has 2 rings (SSSR count). The van der Waals surface area contributed by atoms with Crippen LogP contribution in [0.3, 0.4) is 0 Å². The number of hydrogen-bond donors (Lipinski definition) is 1. The third kappa shape index (κ3) is 4.09. The van der Waals surface area contributed by atoms with E-state index in [-0.39, 0.29) is 11.8 Å². The Labute approximate surface area is 129 Å². The number of carbonyl (C=O) groups is 2. The fraction of sp³-hybridized carbons (Fsp3) is 0.176. The van der Waals surface area contributed by atoms with Gasteiger partial charge in [-0.3, -0.25) is 9.59 Å². The predicted octanol–water partition coefficient (Wildman–Crippen LogP) is 3.22. The molecule has 0 aliphatic heterocycles. The summed E-state index contributed by atoms with van der Waals surface area (Å²) in [6, 6.07) is 10.7. The molecule has 0 fully saturated rings. The Balaban J connectivity index is 1.97. The SMILES string of the molecule is CC(=O)N(C)c1ccc(NC(=O)/C=C/c2ccc(C)o2)cc1. The lowest BCUT2D eigenvalue weighted by atomic mass is 10.2. The molecule has 0 saturated heterocycles. The van der Waals surface area contributed by atoms with Crippen LogP contribution in [-0.2, 0) is 9.59 Å². The highest BCUT2D eigenvalue weighted by atomic mass is 16.3. The highest BCUT2D eigenvalue weighted by molar-refractivity contribution is 6.02. The zero-order valence-corrected chi connectivity index (χ0v) is 12.8. The molecule has 0 unspecified atom stereocenters. The van der Waals surface area contributed by atoms with Crippen molar-refractivity contribution in [1.29, 1.82) is 0 Å². The van der Waals surface area contributed by atoms with E-state index in [4.69, 9.17) is 4.42 Å². The van der Waals surface area contributed by atoms with E-state index in [2.05, 4.69) is 5.32 Å². The maximum atomic E-state index is 11.8. The van der Waals surface area contributed by atoms with E-state index >= 15 is 0 Å². The van der Waals surface area contributed by atoms with Gasteiger partial charge >= 0.3 is 0 Å². The monoisotopic (exact) mass is 298 g/mol. The second-order valence-corrected chi connectivity index (χ2v) is 4.90. The van der Waals surface area contributed by atoms with Gasteiger partial charge in [-0.05, 0) is 49.4 Å². The first-order valence-corrected chi connectivity index (χ1v) is 6.85. The number of aryl methyl sites for hydroxylation is 1. The van der Waals surface area contributed by atoms with Crippen LogP contribution < -0.4 is 10.2 Å². The van der Waals surface area contributed by atoms with E-state index in [1.54, 1.807) is 43.5 Å². The summed E-state index contributed by atoms with van der Waals surface area (Å²) in [7, 11) is 1.70. The number of hydrogen-bond acceptors (Lipinski definition) is 3. The summed E-state index contributed by atoms with van der Waals surface area (Å²) in [5.74, 6) is 1.13. The van der Waals surface area contributed by atoms with Gasteiger partial charge in [-0.15, -0.1) is 0 Å². The molecule has 22 heavy (non-hydrogen) atoms. The Bertz CT molecular complexity index is 699. The molecular formula is C17H18N2O3. The fourth-order valence-corrected chi connectivity index (χ4v) is 1.83. The smallest absolute Gasteiger partial charge is 0.248 e. The lowest BCUT2D eigenvalue weighted by Crippen LogP contribution is -2.22. The van der Waals surface area contributed by atoms with Crippen LogP contribution in [0.5, 0.6) is 0 Å². The van der Waals surface area contributed by atoms with Crippen LogP contribution in [-0.4, -0.2) is 18.9 Å². The van der Waals surface area contributed by atoms with Crippen LogP contribution in [0.2, 0.25) is 0 Å². The van der Waals surface area contributed by atoms with Gasteiger partial charge in [-0.25, -0.2) is 0 Å². The zero-order valence-electron chi connectivity index (χ0n) is 12.8. The summed E-state index contributed by atoms with van der Waals surface area (Å²) < 4.78 is 5.34. The van der Waals surface area contributed by atoms with Gasteiger partial charge in [0.05, 0.1) is 0 Å². The van der Waals surface area contributed by atoms with E-state index in [0.717, 1.165) is 11.4 Å². The van der Waals surface area contributed by atoms with Crippen molar-refractivity contribution >= 4 is 29.3 Å². The minimum Gasteiger partial charge on any atom is -0.462 e.